The fourth-order valence-corrected chi connectivity index (χ4v) is 9.87. The summed E-state index contributed by atoms with van der Waals surface area (Å²) in [7, 11) is 0. The summed E-state index contributed by atoms with van der Waals surface area (Å²) < 4.78 is 8.18. The van der Waals surface area contributed by atoms with Gasteiger partial charge in [-0.05, 0) is 67.3 Å². The van der Waals surface area contributed by atoms with Crippen LogP contribution in [0.1, 0.15) is 85.6 Å². The molecule has 0 bridgehead atoms. The first-order valence-electron chi connectivity index (χ1n) is 21.7. The van der Waals surface area contributed by atoms with Gasteiger partial charge in [-0.2, -0.15) is 5.10 Å². The first-order chi connectivity index (χ1) is 28.8. The van der Waals surface area contributed by atoms with Crippen LogP contribution in [0.4, 0.5) is 5.69 Å². The second-order valence-corrected chi connectivity index (χ2v) is 18.6. The minimum atomic E-state index is -0.982. The maximum Gasteiger partial charge on any atom is 0.335 e. The lowest BCUT2D eigenvalue weighted by molar-refractivity contribution is -0.153. The number of benzene rings is 2. The highest BCUT2D eigenvalue weighted by molar-refractivity contribution is 5.96. The zero-order chi connectivity index (χ0) is 42.2. The highest BCUT2D eigenvalue weighted by atomic mass is 16.5. The minimum absolute atomic E-state index is 0.0357. The molecule has 4 amide bonds. The molecule has 320 valence electrons. The Morgan fingerprint density at radius 3 is 2.17 bits per heavy atom. The van der Waals surface area contributed by atoms with Gasteiger partial charge in [-0.25, -0.2) is 4.79 Å². The topological polar surface area (TPSA) is 158 Å². The monoisotopic (exact) mass is 821 g/mol. The van der Waals surface area contributed by atoms with E-state index in [1.807, 2.05) is 42.2 Å². The van der Waals surface area contributed by atoms with Gasteiger partial charge in [0.25, 0.3) is 5.91 Å². The molecule has 8 rings (SSSR count). The number of ether oxygens (including phenoxy) is 1. The zero-order valence-corrected chi connectivity index (χ0v) is 35.1. The molecule has 2 saturated carbocycles. The van der Waals surface area contributed by atoms with Gasteiger partial charge in [0.2, 0.25) is 17.7 Å². The number of hydrogen-bond donors (Lipinski definition) is 2. The number of anilines is 1. The van der Waals surface area contributed by atoms with Gasteiger partial charge in [0, 0.05) is 82.2 Å². The van der Waals surface area contributed by atoms with Crippen LogP contribution in [0.25, 0.3) is 0 Å². The fourth-order valence-electron chi connectivity index (χ4n) is 9.87. The smallest absolute Gasteiger partial charge is 0.335 e. The Labute approximate surface area is 352 Å². The lowest BCUT2D eigenvalue weighted by atomic mass is 9.70. The molecule has 14 nitrogen and oxygen atoms in total. The average Bonchev–Trinajstić information content (AvgIpc) is 3.53. The number of aromatic carboxylic acids is 1. The summed E-state index contributed by atoms with van der Waals surface area (Å²) in [5, 5.41) is 17.0. The third kappa shape index (κ3) is 8.80. The van der Waals surface area contributed by atoms with E-state index in [2.05, 4.69) is 29.2 Å². The first kappa shape index (κ1) is 41.5. The number of amides is 4. The third-order valence-corrected chi connectivity index (χ3v) is 13.9. The van der Waals surface area contributed by atoms with E-state index in [1.165, 1.54) is 6.42 Å². The van der Waals surface area contributed by atoms with Crippen molar-refractivity contribution >= 4 is 35.3 Å². The molecule has 4 atom stereocenters. The van der Waals surface area contributed by atoms with Crippen LogP contribution >= 0.6 is 0 Å². The second-order valence-electron chi connectivity index (χ2n) is 18.6. The Kier molecular flexibility index (Phi) is 11.8. The first-order valence-corrected chi connectivity index (χ1v) is 21.7. The van der Waals surface area contributed by atoms with Gasteiger partial charge < -0.3 is 34.8 Å². The van der Waals surface area contributed by atoms with Gasteiger partial charge in [0.15, 0.2) is 0 Å². The number of nitrogens with one attached hydrogen (secondary N) is 1. The van der Waals surface area contributed by atoms with Crippen LogP contribution in [-0.2, 0) is 25.7 Å². The highest BCUT2D eigenvalue weighted by Gasteiger charge is 2.62. The lowest BCUT2D eigenvalue weighted by Crippen LogP contribution is -2.66. The molecule has 3 aliphatic heterocycles. The predicted molar refractivity (Wildman–Crippen MR) is 224 cm³/mol. The lowest BCUT2D eigenvalue weighted by Gasteiger charge is -2.50. The Morgan fingerprint density at radius 1 is 0.850 bits per heavy atom. The SMILES string of the molecule is C[C@@H](OCC1CCCCC1)[C@H](NC(=O)[C@@H]1CN(C(=O)c2cnn(Cc3ccccc3)c2)CC12CN(C(=O)[C@H]1CC1(C)C)C2)C(=O)N1CCN(c2ccc(C(=O)O)cc2)CC1. The van der Waals surface area contributed by atoms with Crippen molar-refractivity contribution in [2.45, 2.75) is 78.0 Å². The van der Waals surface area contributed by atoms with Gasteiger partial charge in [-0.3, -0.25) is 23.9 Å². The number of nitrogens with zero attached hydrogens (tertiary/aromatic N) is 6. The number of rotatable bonds is 13. The average molecular weight is 822 g/mol. The Morgan fingerprint density at radius 2 is 1.52 bits per heavy atom. The largest absolute Gasteiger partial charge is 0.478 e. The van der Waals surface area contributed by atoms with E-state index in [0.29, 0.717) is 70.4 Å². The van der Waals surface area contributed by atoms with E-state index in [1.54, 1.807) is 51.1 Å². The number of piperazine rings is 1. The maximum absolute atomic E-state index is 14.8. The Hall–Kier alpha value is -5.24. The van der Waals surface area contributed by atoms with Crippen molar-refractivity contribution in [1.29, 1.82) is 0 Å². The van der Waals surface area contributed by atoms with Crippen LogP contribution in [0, 0.1) is 28.6 Å². The predicted octanol–water partition coefficient (Wildman–Crippen LogP) is 4.40. The Balaban J connectivity index is 0.988. The summed E-state index contributed by atoms with van der Waals surface area (Å²) in [5.74, 6) is -1.90. The number of carboxylic acid groups (broad SMARTS) is 1. The quantitative estimate of drug-likeness (QED) is 0.255. The van der Waals surface area contributed by atoms with Crippen molar-refractivity contribution in [1.82, 2.24) is 29.8 Å². The van der Waals surface area contributed by atoms with Crippen molar-refractivity contribution < 1.29 is 33.8 Å². The normalized spacial score (nSPS) is 23.2. The van der Waals surface area contributed by atoms with Gasteiger partial charge in [-0.15, -0.1) is 0 Å². The van der Waals surface area contributed by atoms with E-state index in [-0.39, 0.29) is 47.1 Å². The Bertz CT molecular complexity index is 2050. The van der Waals surface area contributed by atoms with Gasteiger partial charge in [0.1, 0.15) is 6.04 Å². The molecule has 14 heteroatoms. The molecule has 1 aromatic heterocycles. The molecule has 60 heavy (non-hydrogen) atoms. The van der Waals surface area contributed by atoms with Crippen LogP contribution in [0.5, 0.6) is 0 Å². The summed E-state index contributed by atoms with van der Waals surface area (Å²) >= 11 is 0. The zero-order valence-electron chi connectivity index (χ0n) is 35.1. The molecular weight excluding hydrogens is 763 g/mol. The van der Waals surface area contributed by atoms with Gasteiger partial charge >= 0.3 is 5.97 Å². The maximum atomic E-state index is 14.8. The fraction of sp³-hybridized carbons (Fsp3) is 0.565. The van der Waals surface area contributed by atoms with E-state index >= 15 is 0 Å². The van der Waals surface area contributed by atoms with Crippen molar-refractivity contribution in [3.05, 3.63) is 83.7 Å². The van der Waals surface area contributed by atoms with Crippen molar-refractivity contribution in [3.63, 3.8) is 0 Å². The molecule has 3 aromatic rings. The van der Waals surface area contributed by atoms with Crippen LogP contribution in [0.2, 0.25) is 0 Å². The molecule has 2 N–H and O–H groups in total. The van der Waals surface area contributed by atoms with Crippen LogP contribution < -0.4 is 10.2 Å². The molecule has 5 fully saturated rings. The second kappa shape index (κ2) is 17.0. The molecule has 1 spiro atoms. The highest BCUT2D eigenvalue weighted by Crippen LogP contribution is 2.54. The van der Waals surface area contributed by atoms with Crippen LogP contribution in [0.15, 0.2) is 67.0 Å². The number of aromatic nitrogens is 2. The number of carbonyl (C=O) groups excluding carboxylic acids is 4. The standard InChI is InChI=1S/C46H59N7O7/c1-31(60-27-33-12-8-5-9-13-33)39(43(57)50-20-18-49(19-21-50)36-16-14-34(15-17-36)44(58)59)48-40(54)38-26-51(28-46(38)29-52(30-46)42(56)37-22-45(37,2)3)41(55)35-23-47-53(25-35)24-32-10-6-4-7-11-32/h4,6-7,10-11,14-17,23,25,31,33,37-39H,5,8-9,12-13,18-22,24,26-30H2,1-3H3,(H,48,54)(H,58,59)/t31-,37-,38+,39+/m1/s1. The number of likely N-dealkylation sites (tertiary alicyclic amines) is 2. The minimum Gasteiger partial charge on any atom is -0.478 e. The molecule has 5 aliphatic rings. The summed E-state index contributed by atoms with van der Waals surface area (Å²) in [6, 6.07) is 15.7. The number of carbonyl (C=O) groups is 5. The third-order valence-electron chi connectivity index (χ3n) is 13.9. The van der Waals surface area contributed by atoms with E-state index in [9.17, 15) is 29.1 Å². The van der Waals surface area contributed by atoms with E-state index in [0.717, 1.165) is 43.4 Å². The number of hydrogen-bond acceptors (Lipinski definition) is 8. The van der Waals surface area contributed by atoms with E-state index in [4.69, 9.17) is 4.74 Å². The molecule has 3 saturated heterocycles. The molecule has 4 heterocycles. The van der Waals surface area contributed by atoms with Crippen LogP contribution in [0.3, 0.4) is 0 Å². The molecule has 2 aromatic carbocycles. The number of carboxylic acids is 1. The summed E-state index contributed by atoms with van der Waals surface area (Å²) in [5.41, 5.74) is 1.90. The van der Waals surface area contributed by atoms with Crippen molar-refractivity contribution in [3.8, 4) is 0 Å². The van der Waals surface area contributed by atoms with E-state index < -0.39 is 29.4 Å². The molecular formula is C46H59N7O7. The van der Waals surface area contributed by atoms with Crippen molar-refractivity contribution in [2.75, 3.05) is 63.9 Å². The summed E-state index contributed by atoms with van der Waals surface area (Å²) in [6.07, 6.45) is 9.26. The summed E-state index contributed by atoms with van der Waals surface area (Å²) in [4.78, 5) is 75.8. The van der Waals surface area contributed by atoms with Gasteiger partial charge in [-0.1, -0.05) is 63.4 Å². The summed E-state index contributed by atoms with van der Waals surface area (Å²) in [6.45, 7) is 10.2. The molecule has 0 unspecified atom stereocenters. The van der Waals surface area contributed by atoms with Gasteiger partial charge in [0.05, 0.1) is 35.9 Å². The molecule has 0 radical (unpaired) electrons. The van der Waals surface area contributed by atoms with Crippen LogP contribution in [-0.4, -0.2) is 130 Å². The molecule has 2 aliphatic carbocycles. The van der Waals surface area contributed by atoms with Crippen molar-refractivity contribution in [2.24, 2.45) is 28.6 Å².